The Balaban J connectivity index is 2.18. The molecule has 0 spiro atoms. The van der Waals surface area contributed by atoms with Crippen LogP contribution < -0.4 is 11.1 Å². The van der Waals surface area contributed by atoms with Crippen molar-refractivity contribution in [3.05, 3.63) is 0 Å². The largest absolute Gasteiger partial charge is 0.356 e. The van der Waals surface area contributed by atoms with E-state index < -0.39 is 0 Å². The first kappa shape index (κ1) is 16.4. The molecule has 1 saturated heterocycles. The zero-order valence-corrected chi connectivity index (χ0v) is 13.0. The van der Waals surface area contributed by atoms with Crippen molar-refractivity contribution in [3.8, 4) is 0 Å². The SMILES string of the molecule is CC(CNC(=O)CC(N)C(C)(C)C)CN1CCCC1. The van der Waals surface area contributed by atoms with E-state index in [1.54, 1.807) is 0 Å². The zero-order valence-electron chi connectivity index (χ0n) is 13.0. The van der Waals surface area contributed by atoms with E-state index in [9.17, 15) is 4.79 Å². The number of carbonyl (C=O) groups excluding carboxylic acids is 1. The van der Waals surface area contributed by atoms with Gasteiger partial charge in [-0.3, -0.25) is 4.79 Å². The van der Waals surface area contributed by atoms with E-state index >= 15 is 0 Å². The minimum Gasteiger partial charge on any atom is -0.356 e. The molecule has 1 aliphatic heterocycles. The molecule has 0 aliphatic carbocycles. The summed E-state index contributed by atoms with van der Waals surface area (Å²) < 4.78 is 0. The van der Waals surface area contributed by atoms with Crippen LogP contribution in [0.1, 0.15) is 47.0 Å². The molecule has 1 aliphatic rings. The molecule has 0 aromatic carbocycles. The van der Waals surface area contributed by atoms with Gasteiger partial charge in [-0.05, 0) is 37.3 Å². The summed E-state index contributed by atoms with van der Waals surface area (Å²) in [5.41, 5.74) is 6.01. The smallest absolute Gasteiger partial charge is 0.221 e. The molecule has 0 saturated carbocycles. The van der Waals surface area contributed by atoms with E-state index in [0.29, 0.717) is 12.3 Å². The molecule has 2 unspecified atom stereocenters. The van der Waals surface area contributed by atoms with Crippen LogP contribution in [0.4, 0.5) is 0 Å². The van der Waals surface area contributed by atoms with Gasteiger partial charge in [-0.1, -0.05) is 27.7 Å². The average molecular weight is 269 g/mol. The molecule has 0 aromatic rings. The topological polar surface area (TPSA) is 58.4 Å². The first-order chi connectivity index (χ1) is 8.79. The van der Waals surface area contributed by atoms with Crippen molar-refractivity contribution in [2.45, 2.75) is 53.0 Å². The summed E-state index contributed by atoms with van der Waals surface area (Å²) >= 11 is 0. The minimum atomic E-state index is -0.0820. The lowest BCUT2D eigenvalue weighted by Crippen LogP contribution is -2.41. The molecule has 112 valence electrons. The van der Waals surface area contributed by atoms with Crippen molar-refractivity contribution in [2.75, 3.05) is 26.2 Å². The quantitative estimate of drug-likeness (QED) is 0.770. The van der Waals surface area contributed by atoms with Gasteiger partial charge in [-0.25, -0.2) is 0 Å². The Morgan fingerprint density at radius 3 is 2.42 bits per heavy atom. The molecule has 3 N–H and O–H groups in total. The Morgan fingerprint density at radius 1 is 1.32 bits per heavy atom. The van der Waals surface area contributed by atoms with Crippen LogP contribution in [-0.4, -0.2) is 43.0 Å². The summed E-state index contributed by atoms with van der Waals surface area (Å²) in [4.78, 5) is 14.3. The Labute approximate surface area is 118 Å². The third kappa shape index (κ3) is 6.39. The van der Waals surface area contributed by atoms with Crippen molar-refractivity contribution in [2.24, 2.45) is 17.1 Å². The lowest BCUT2D eigenvalue weighted by Gasteiger charge is -2.27. The highest BCUT2D eigenvalue weighted by molar-refractivity contribution is 5.76. The zero-order chi connectivity index (χ0) is 14.5. The number of carbonyl (C=O) groups is 1. The monoisotopic (exact) mass is 269 g/mol. The van der Waals surface area contributed by atoms with E-state index in [4.69, 9.17) is 5.73 Å². The van der Waals surface area contributed by atoms with Gasteiger partial charge in [0.05, 0.1) is 0 Å². The number of hydrogen-bond acceptors (Lipinski definition) is 3. The normalized spacial score (nSPS) is 20.3. The maximum atomic E-state index is 11.8. The first-order valence-electron chi connectivity index (χ1n) is 7.53. The fourth-order valence-corrected chi connectivity index (χ4v) is 2.34. The van der Waals surface area contributed by atoms with Crippen LogP contribution in [0.3, 0.4) is 0 Å². The van der Waals surface area contributed by atoms with Crippen molar-refractivity contribution in [3.63, 3.8) is 0 Å². The molecule has 0 aromatic heterocycles. The van der Waals surface area contributed by atoms with Crippen molar-refractivity contribution in [1.82, 2.24) is 10.2 Å². The van der Waals surface area contributed by atoms with Crippen LogP contribution in [0.15, 0.2) is 0 Å². The first-order valence-corrected chi connectivity index (χ1v) is 7.53. The predicted octanol–water partition coefficient (Wildman–Crippen LogP) is 1.60. The third-order valence-electron chi connectivity index (χ3n) is 3.93. The number of hydrogen-bond donors (Lipinski definition) is 2. The van der Waals surface area contributed by atoms with E-state index in [2.05, 4.69) is 37.9 Å². The molecule has 4 heteroatoms. The second-order valence-corrected chi connectivity index (χ2v) is 7.09. The van der Waals surface area contributed by atoms with Crippen LogP contribution >= 0.6 is 0 Å². The molecular weight excluding hydrogens is 238 g/mol. The van der Waals surface area contributed by atoms with Gasteiger partial charge >= 0.3 is 0 Å². The van der Waals surface area contributed by atoms with Crippen LogP contribution in [0, 0.1) is 11.3 Å². The maximum Gasteiger partial charge on any atom is 0.221 e. The molecule has 19 heavy (non-hydrogen) atoms. The average Bonchev–Trinajstić information content (AvgIpc) is 2.77. The Morgan fingerprint density at radius 2 is 1.89 bits per heavy atom. The molecule has 0 bridgehead atoms. The molecule has 2 atom stereocenters. The van der Waals surface area contributed by atoms with Gasteiger partial charge in [0.1, 0.15) is 0 Å². The molecule has 0 radical (unpaired) electrons. The van der Waals surface area contributed by atoms with Crippen molar-refractivity contribution < 1.29 is 4.79 Å². The van der Waals surface area contributed by atoms with Crippen LogP contribution in [0.2, 0.25) is 0 Å². The Hall–Kier alpha value is -0.610. The summed E-state index contributed by atoms with van der Waals surface area (Å²) in [5.74, 6) is 0.587. The lowest BCUT2D eigenvalue weighted by atomic mass is 9.85. The van der Waals surface area contributed by atoms with Gasteiger partial charge in [0.15, 0.2) is 0 Å². The van der Waals surface area contributed by atoms with Gasteiger partial charge in [0.25, 0.3) is 0 Å². The van der Waals surface area contributed by atoms with Gasteiger partial charge < -0.3 is 16.0 Å². The summed E-state index contributed by atoms with van der Waals surface area (Å²) in [7, 11) is 0. The van der Waals surface area contributed by atoms with E-state index in [1.165, 1.54) is 25.9 Å². The second kappa shape index (κ2) is 7.25. The van der Waals surface area contributed by atoms with Crippen LogP contribution in [0.5, 0.6) is 0 Å². The number of likely N-dealkylation sites (tertiary alicyclic amines) is 1. The number of nitrogens with one attached hydrogen (secondary N) is 1. The van der Waals surface area contributed by atoms with Gasteiger partial charge in [0, 0.05) is 25.6 Å². The maximum absolute atomic E-state index is 11.8. The van der Waals surface area contributed by atoms with Crippen molar-refractivity contribution in [1.29, 1.82) is 0 Å². The fraction of sp³-hybridized carbons (Fsp3) is 0.933. The second-order valence-electron chi connectivity index (χ2n) is 7.09. The number of rotatable bonds is 6. The number of amides is 1. The fourth-order valence-electron chi connectivity index (χ4n) is 2.34. The molecule has 1 heterocycles. The van der Waals surface area contributed by atoms with Crippen LogP contribution in [-0.2, 0) is 4.79 Å². The van der Waals surface area contributed by atoms with E-state index in [0.717, 1.165) is 13.1 Å². The molecule has 4 nitrogen and oxygen atoms in total. The minimum absolute atomic E-state index is 0.0154. The highest BCUT2D eigenvalue weighted by Crippen LogP contribution is 2.19. The highest BCUT2D eigenvalue weighted by Gasteiger charge is 2.23. The summed E-state index contributed by atoms with van der Waals surface area (Å²) in [6.07, 6.45) is 3.05. The molecule has 1 fully saturated rings. The van der Waals surface area contributed by atoms with Crippen molar-refractivity contribution >= 4 is 5.91 Å². The molecule has 1 amide bonds. The molecular formula is C15H31N3O. The standard InChI is InChI=1S/C15H31N3O/c1-12(11-18-7-5-6-8-18)10-17-14(19)9-13(16)15(2,3)4/h12-13H,5-11,16H2,1-4H3,(H,17,19). The van der Waals surface area contributed by atoms with Crippen LogP contribution in [0.25, 0.3) is 0 Å². The van der Waals surface area contributed by atoms with Gasteiger partial charge in [0.2, 0.25) is 5.91 Å². The van der Waals surface area contributed by atoms with E-state index in [-0.39, 0.29) is 17.4 Å². The Bertz CT molecular complexity index is 280. The van der Waals surface area contributed by atoms with Gasteiger partial charge in [-0.15, -0.1) is 0 Å². The summed E-state index contributed by atoms with van der Waals surface area (Å²) in [5, 5.41) is 3.01. The van der Waals surface area contributed by atoms with Gasteiger partial charge in [-0.2, -0.15) is 0 Å². The predicted molar refractivity (Wildman–Crippen MR) is 79.9 cm³/mol. The highest BCUT2D eigenvalue weighted by atomic mass is 16.1. The number of nitrogens with zero attached hydrogens (tertiary/aromatic N) is 1. The summed E-state index contributed by atoms with van der Waals surface area (Å²) in [6, 6.07) is -0.0820. The number of nitrogens with two attached hydrogens (primary N) is 1. The van der Waals surface area contributed by atoms with E-state index in [1.807, 2.05) is 0 Å². The summed E-state index contributed by atoms with van der Waals surface area (Å²) in [6.45, 7) is 12.7. The third-order valence-corrected chi connectivity index (χ3v) is 3.93. The Kier molecular flexibility index (Phi) is 6.27. The lowest BCUT2D eigenvalue weighted by molar-refractivity contribution is -0.122. The molecule has 1 rings (SSSR count).